The molecule has 4 rings (SSSR count). The van der Waals surface area contributed by atoms with Crippen molar-refractivity contribution >= 4 is 17.0 Å². The number of carboxylic acid groups (broad SMARTS) is 1. The topological polar surface area (TPSA) is 88.9 Å². The highest BCUT2D eigenvalue weighted by Crippen LogP contribution is 2.38. The summed E-state index contributed by atoms with van der Waals surface area (Å²) in [6, 6.07) is 19.7. The standard InChI is InChI=1S/C27H28N4O2/c1-2-19(27(32)33)13-14-21(23-9-5-7-15-28-23)22(24-10-6-8-16-29-24)17-20-18-30-25-11-3-4-12-26(25)31-20/h3-12,15-16,18-19,21-22H,2,13-14,17H2,1H3,(H,32,33). The number of carboxylic acids is 1. The van der Waals surface area contributed by atoms with E-state index in [9.17, 15) is 9.90 Å². The molecule has 0 aliphatic rings. The highest BCUT2D eigenvalue weighted by Gasteiger charge is 2.29. The molecule has 6 nitrogen and oxygen atoms in total. The Bertz CT molecular complexity index is 1180. The monoisotopic (exact) mass is 440 g/mol. The number of aromatic nitrogens is 4. The van der Waals surface area contributed by atoms with Crippen molar-refractivity contribution < 1.29 is 9.90 Å². The third-order valence-electron chi connectivity index (χ3n) is 6.22. The molecule has 6 heteroatoms. The first-order chi connectivity index (χ1) is 16.2. The largest absolute Gasteiger partial charge is 0.481 e. The van der Waals surface area contributed by atoms with Crippen LogP contribution in [0, 0.1) is 5.92 Å². The van der Waals surface area contributed by atoms with Gasteiger partial charge in [0.2, 0.25) is 0 Å². The molecule has 0 radical (unpaired) electrons. The zero-order chi connectivity index (χ0) is 23.0. The maximum Gasteiger partial charge on any atom is 0.306 e. The van der Waals surface area contributed by atoms with E-state index in [-0.39, 0.29) is 17.8 Å². The Morgan fingerprint density at radius 1 is 0.818 bits per heavy atom. The summed E-state index contributed by atoms with van der Waals surface area (Å²) in [5.41, 5.74) is 4.51. The molecule has 1 N–H and O–H groups in total. The van der Waals surface area contributed by atoms with Crippen LogP contribution in [0.25, 0.3) is 11.0 Å². The second-order valence-corrected chi connectivity index (χ2v) is 8.30. The van der Waals surface area contributed by atoms with E-state index >= 15 is 0 Å². The van der Waals surface area contributed by atoms with Gasteiger partial charge in [-0.15, -0.1) is 0 Å². The Hall–Kier alpha value is -3.67. The van der Waals surface area contributed by atoms with E-state index in [1.165, 1.54) is 0 Å². The van der Waals surface area contributed by atoms with E-state index in [1.54, 1.807) is 12.4 Å². The minimum absolute atomic E-state index is 0.00257. The van der Waals surface area contributed by atoms with Gasteiger partial charge in [-0.25, -0.2) is 4.98 Å². The van der Waals surface area contributed by atoms with Gasteiger partial charge in [-0.3, -0.25) is 19.7 Å². The molecular formula is C27H28N4O2. The fourth-order valence-electron chi connectivity index (χ4n) is 4.40. The molecule has 3 heterocycles. The molecule has 0 saturated heterocycles. The predicted molar refractivity (Wildman–Crippen MR) is 128 cm³/mol. The molecule has 0 aliphatic carbocycles. The molecule has 33 heavy (non-hydrogen) atoms. The van der Waals surface area contributed by atoms with E-state index < -0.39 is 5.97 Å². The molecule has 0 spiro atoms. The van der Waals surface area contributed by atoms with Gasteiger partial charge < -0.3 is 5.11 Å². The van der Waals surface area contributed by atoms with Gasteiger partial charge in [-0.1, -0.05) is 31.2 Å². The number of carbonyl (C=O) groups is 1. The first-order valence-electron chi connectivity index (χ1n) is 11.4. The van der Waals surface area contributed by atoms with Gasteiger partial charge >= 0.3 is 5.97 Å². The average Bonchev–Trinajstić information content (AvgIpc) is 2.86. The molecule has 0 aliphatic heterocycles. The minimum Gasteiger partial charge on any atom is -0.481 e. The lowest BCUT2D eigenvalue weighted by atomic mass is 9.78. The van der Waals surface area contributed by atoms with Gasteiger partial charge in [-0.05, 0) is 55.7 Å². The summed E-state index contributed by atoms with van der Waals surface area (Å²) in [6.45, 7) is 1.93. The molecule has 0 fully saturated rings. The summed E-state index contributed by atoms with van der Waals surface area (Å²) >= 11 is 0. The van der Waals surface area contributed by atoms with Crippen LogP contribution in [0.4, 0.5) is 0 Å². The van der Waals surface area contributed by atoms with Crippen LogP contribution in [0.1, 0.15) is 55.1 Å². The number of para-hydroxylation sites is 2. The van der Waals surface area contributed by atoms with Crippen molar-refractivity contribution in [1.82, 2.24) is 19.9 Å². The number of pyridine rings is 2. The van der Waals surface area contributed by atoms with Crippen LogP contribution >= 0.6 is 0 Å². The van der Waals surface area contributed by atoms with E-state index in [2.05, 4.69) is 15.0 Å². The van der Waals surface area contributed by atoms with Gasteiger partial charge in [0.15, 0.2) is 0 Å². The quantitative estimate of drug-likeness (QED) is 0.354. The second-order valence-electron chi connectivity index (χ2n) is 8.30. The number of nitrogens with zero attached hydrogens (tertiary/aromatic N) is 4. The average molecular weight is 441 g/mol. The smallest absolute Gasteiger partial charge is 0.306 e. The van der Waals surface area contributed by atoms with Crippen molar-refractivity contribution in [3.63, 3.8) is 0 Å². The highest BCUT2D eigenvalue weighted by molar-refractivity contribution is 5.73. The zero-order valence-electron chi connectivity index (χ0n) is 18.7. The van der Waals surface area contributed by atoms with Crippen molar-refractivity contribution in [3.8, 4) is 0 Å². The Labute approximate surface area is 193 Å². The van der Waals surface area contributed by atoms with Gasteiger partial charge in [0, 0.05) is 48.2 Å². The SMILES string of the molecule is CCC(CCC(c1ccccn1)C(Cc1cnc2ccccc2n1)c1ccccn1)C(=O)O. The Kier molecular flexibility index (Phi) is 7.35. The Balaban J connectivity index is 1.72. The van der Waals surface area contributed by atoms with E-state index in [0.29, 0.717) is 25.7 Å². The van der Waals surface area contributed by atoms with Gasteiger partial charge in [0.1, 0.15) is 0 Å². The fourth-order valence-corrected chi connectivity index (χ4v) is 4.40. The molecule has 3 atom stereocenters. The van der Waals surface area contributed by atoms with Crippen molar-refractivity contribution in [3.05, 3.63) is 96.3 Å². The molecular weight excluding hydrogens is 412 g/mol. The van der Waals surface area contributed by atoms with Crippen LogP contribution in [0.5, 0.6) is 0 Å². The molecule has 0 saturated carbocycles. The fraction of sp³-hybridized carbons (Fsp3) is 0.296. The van der Waals surface area contributed by atoms with E-state index in [0.717, 1.165) is 28.1 Å². The van der Waals surface area contributed by atoms with Crippen LogP contribution in [0.3, 0.4) is 0 Å². The molecule has 0 bridgehead atoms. The van der Waals surface area contributed by atoms with Gasteiger partial charge in [0.05, 0.1) is 22.6 Å². The number of benzene rings is 1. The summed E-state index contributed by atoms with van der Waals surface area (Å²) in [6.07, 6.45) is 7.95. The summed E-state index contributed by atoms with van der Waals surface area (Å²) < 4.78 is 0. The van der Waals surface area contributed by atoms with Crippen LogP contribution < -0.4 is 0 Å². The number of hydrogen-bond acceptors (Lipinski definition) is 5. The molecule has 1 aromatic carbocycles. The summed E-state index contributed by atoms with van der Waals surface area (Å²) in [7, 11) is 0. The van der Waals surface area contributed by atoms with Crippen LogP contribution in [0.15, 0.2) is 79.3 Å². The maximum atomic E-state index is 11.7. The highest BCUT2D eigenvalue weighted by atomic mass is 16.4. The number of hydrogen-bond donors (Lipinski definition) is 1. The third-order valence-corrected chi connectivity index (χ3v) is 6.22. The van der Waals surface area contributed by atoms with Gasteiger partial charge in [-0.2, -0.15) is 0 Å². The summed E-state index contributed by atoms with van der Waals surface area (Å²) in [5, 5.41) is 9.60. The molecule has 0 amide bonds. The molecule has 4 aromatic rings. The van der Waals surface area contributed by atoms with Gasteiger partial charge in [0.25, 0.3) is 0 Å². The third kappa shape index (κ3) is 5.58. The zero-order valence-corrected chi connectivity index (χ0v) is 18.7. The molecule has 3 aromatic heterocycles. The second kappa shape index (κ2) is 10.8. The number of rotatable bonds is 10. The minimum atomic E-state index is -0.743. The molecule has 3 unspecified atom stereocenters. The Morgan fingerprint density at radius 3 is 2.06 bits per heavy atom. The lowest BCUT2D eigenvalue weighted by molar-refractivity contribution is -0.142. The first kappa shape index (κ1) is 22.5. The number of aliphatic carboxylic acids is 1. The Morgan fingerprint density at radius 2 is 1.45 bits per heavy atom. The van der Waals surface area contributed by atoms with Crippen molar-refractivity contribution in [1.29, 1.82) is 0 Å². The summed E-state index contributed by atoms with van der Waals surface area (Å²) in [5.74, 6) is -1.13. The van der Waals surface area contributed by atoms with Crippen molar-refractivity contribution in [2.24, 2.45) is 5.92 Å². The summed E-state index contributed by atoms with van der Waals surface area (Å²) in [4.78, 5) is 30.5. The first-order valence-corrected chi connectivity index (χ1v) is 11.4. The number of fused-ring (bicyclic) bond motifs is 1. The van der Waals surface area contributed by atoms with Crippen molar-refractivity contribution in [2.75, 3.05) is 0 Å². The van der Waals surface area contributed by atoms with Crippen LogP contribution in [-0.4, -0.2) is 31.0 Å². The predicted octanol–water partition coefficient (Wildman–Crippen LogP) is 5.42. The van der Waals surface area contributed by atoms with E-state index in [1.807, 2.05) is 73.8 Å². The lowest BCUT2D eigenvalue weighted by Gasteiger charge is -2.27. The van der Waals surface area contributed by atoms with Crippen LogP contribution in [-0.2, 0) is 11.2 Å². The van der Waals surface area contributed by atoms with Crippen LogP contribution in [0.2, 0.25) is 0 Å². The van der Waals surface area contributed by atoms with E-state index in [4.69, 9.17) is 4.98 Å². The maximum absolute atomic E-state index is 11.7. The lowest BCUT2D eigenvalue weighted by Crippen LogP contribution is -2.20. The molecule has 168 valence electrons. The van der Waals surface area contributed by atoms with Crippen molar-refractivity contribution in [2.45, 2.75) is 44.4 Å². The normalized spacial score (nSPS) is 14.0.